The molecule has 4 heteroatoms. The third-order valence-corrected chi connectivity index (χ3v) is 1.61. The second-order valence-corrected chi connectivity index (χ2v) is 2.97. The zero-order chi connectivity index (χ0) is 10.8. The molecular formula is C10H20O4. The monoisotopic (exact) mass is 204 g/mol. The summed E-state index contributed by atoms with van der Waals surface area (Å²) < 4.78 is 15.1. The maximum absolute atomic E-state index is 11.3. The number of ether oxygens (including phenoxy) is 3. The van der Waals surface area contributed by atoms with Gasteiger partial charge in [0.15, 0.2) is 6.10 Å². The Labute approximate surface area is 85.5 Å². The minimum absolute atomic E-state index is 0.271. The van der Waals surface area contributed by atoms with Crippen LogP contribution in [0, 0.1) is 0 Å². The van der Waals surface area contributed by atoms with E-state index in [1.165, 1.54) is 7.11 Å². The molecular weight excluding hydrogens is 184 g/mol. The second kappa shape index (κ2) is 8.97. The predicted octanol–water partition coefficient (Wildman–Crippen LogP) is 1.38. The highest BCUT2D eigenvalue weighted by Crippen LogP contribution is 1.97. The van der Waals surface area contributed by atoms with E-state index in [1.807, 2.05) is 13.8 Å². The molecule has 0 spiro atoms. The fourth-order valence-electron chi connectivity index (χ4n) is 0.863. The molecule has 1 unspecified atom stereocenters. The van der Waals surface area contributed by atoms with Gasteiger partial charge in [0, 0.05) is 13.7 Å². The summed E-state index contributed by atoms with van der Waals surface area (Å²) in [5.74, 6) is -0.342. The van der Waals surface area contributed by atoms with Gasteiger partial charge in [0.05, 0.1) is 13.2 Å². The van der Waals surface area contributed by atoms with E-state index < -0.39 is 6.10 Å². The second-order valence-electron chi connectivity index (χ2n) is 2.97. The molecule has 0 fully saturated rings. The summed E-state index contributed by atoms with van der Waals surface area (Å²) in [4.78, 5) is 11.3. The van der Waals surface area contributed by atoms with E-state index in [-0.39, 0.29) is 12.6 Å². The molecule has 0 aliphatic carbocycles. The van der Waals surface area contributed by atoms with Crippen LogP contribution in [-0.2, 0) is 19.0 Å². The average molecular weight is 204 g/mol. The van der Waals surface area contributed by atoms with Gasteiger partial charge in [-0.05, 0) is 12.8 Å². The van der Waals surface area contributed by atoms with E-state index >= 15 is 0 Å². The number of esters is 1. The smallest absolute Gasteiger partial charge is 0.337 e. The zero-order valence-corrected chi connectivity index (χ0v) is 9.25. The van der Waals surface area contributed by atoms with E-state index in [9.17, 15) is 4.79 Å². The number of hydrogen-bond donors (Lipinski definition) is 0. The van der Waals surface area contributed by atoms with Gasteiger partial charge in [-0.25, -0.2) is 4.79 Å². The third kappa shape index (κ3) is 5.94. The molecule has 4 nitrogen and oxygen atoms in total. The number of carbonyl (C=O) groups is 1. The lowest BCUT2D eigenvalue weighted by atomic mass is 10.4. The first kappa shape index (κ1) is 13.4. The Bertz CT molecular complexity index is 147. The minimum atomic E-state index is -0.590. The molecule has 0 bridgehead atoms. The average Bonchev–Trinajstić information content (AvgIpc) is 2.21. The van der Waals surface area contributed by atoms with Crippen molar-refractivity contribution in [3.05, 3.63) is 0 Å². The Hall–Kier alpha value is -0.610. The van der Waals surface area contributed by atoms with Gasteiger partial charge in [-0.3, -0.25) is 0 Å². The first-order valence-corrected chi connectivity index (χ1v) is 5.03. The lowest BCUT2D eigenvalue weighted by Crippen LogP contribution is -2.30. The van der Waals surface area contributed by atoms with E-state index in [4.69, 9.17) is 14.2 Å². The summed E-state index contributed by atoms with van der Waals surface area (Å²) in [5, 5.41) is 0. The molecule has 1 atom stereocenters. The summed E-state index contributed by atoms with van der Waals surface area (Å²) in [6.07, 6.45) is 1.16. The summed E-state index contributed by atoms with van der Waals surface area (Å²) in [5.41, 5.74) is 0. The largest absolute Gasteiger partial charge is 0.464 e. The highest BCUT2D eigenvalue weighted by Gasteiger charge is 2.18. The SMILES string of the molecule is CCCOCC(OC)C(=O)OCCC. The van der Waals surface area contributed by atoms with Gasteiger partial charge in [0.1, 0.15) is 0 Å². The van der Waals surface area contributed by atoms with E-state index in [2.05, 4.69) is 0 Å². The lowest BCUT2D eigenvalue weighted by molar-refractivity contribution is -0.159. The Morgan fingerprint density at radius 1 is 1.21 bits per heavy atom. The molecule has 0 radical (unpaired) electrons. The molecule has 14 heavy (non-hydrogen) atoms. The van der Waals surface area contributed by atoms with E-state index in [0.717, 1.165) is 12.8 Å². The molecule has 0 saturated carbocycles. The van der Waals surface area contributed by atoms with Crippen LogP contribution in [0.4, 0.5) is 0 Å². The first-order chi connectivity index (χ1) is 6.76. The van der Waals surface area contributed by atoms with Gasteiger partial charge in [0.25, 0.3) is 0 Å². The van der Waals surface area contributed by atoms with Gasteiger partial charge in [0.2, 0.25) is 0 Å². The zero-order valence-electron chi connectivity index (χ0n) is 9.25. The van der Waals surface area contributed by atoms with E-state index in [0.29, 0.717) is 13.2 Å². The molecule has 0 aromatic rings. The van der Waals surface area contributed by atoms with Crippen molar-refractivity contribution in [2.75, 3.05) is 26.9 Å². The topological polar surface area (TPSA) is 44.8 Å². The number of carbonyl (C=O) groups excluding carboxylic acids is 1. The maximum Gasteiger partial charge on any atom is 0.337 e. The molecule has 0 heterocycles. The number of rotatable bonds is 8. The van der Waals surface area contributed by atoms with Crippen molar-refractivity contribution in [1.82, 2.24) is 0 Å². The van der Waals surface area contributed by atoms with Crippen molar-refractivity contribution in [3.8, 4) is 0 Å². The molecule has 0 aromatic carbocycles. The van der Waals surface area contributed by atoms with Crippen molar-refractivity contribution in [1.29, 1.82) is 0 Å². The Kier molecular flexibility index (Phi) is 8.57. The molecule has 0 saturated heterocycles. The van der Waals surface area contributed by atoms with Crippen LogP contribution in [0.5, 0.6) is 0 Å². The van der Waals surface area contributed by atoms with Crippen LogP contribution in [0.2, 0.25) is 0 Å². The number of methoxy groups -OCH3 is 1. The lowest BCUT2D eigenvalue weighted by Gasteiger charge is -2.13. The Morgan fingerprint density at radius 2 is 1.86 bits per heavy atom. The molecule has 0 rings (SSSR count). The summed E-state index contributed by atoms with van der Waals surface area (Å²) in [6, 6.07) is 0. The van der Waals surface area contributed by atoms with Gasteiger partial charge in [-0.2, -0.15) is 0 Å². The molecule has 0 aromatic heterocycles. The highest BCUT2D eigenvalue weighted by atomic mass is 16.6. The Balaban J connectivity index is 3.69. The van der Waals surface area contributed by atoms with Crippen molar-refractivity contribution < 1.29 is 19.0 Å². The molecule has 84 valence electrons. The van der Waals surface area contributed by atoms with Gasteiger partial charge >= 0.3 is 5.97 Å². The van der Waals surface area contributed by atoms with Crippen LogP contribution in [-0.4, -0.2) is 39.0 Å². The van der Waals surface area contributed by atoms with Gasteiger partial charge in [-0.15, -0.1) is 0 Å². The van der Waals surface area contributed by atoms with Crippen molar-refractivity contribution in [3.63, 3.8) is 0 Å². The van der Waals surface area contributed by atoms with Crippen LogP contribution in [0.25, 0.3) is 0 Å². The quantitative estimate of drug-likeness (QED) is 0.442. The third-order valence-electron chi connectivity index (χ3n) is 1.61. The highest BCUT2D eigenvalue weighted by molar-refractivity contribution is 5.74. The van der Waals surface area contributed by atoms with Crippen molar-refractivity contribution in [2.24, 2.45) is 0 Å². The van der Waals surface area contributed by atoms with Crippen molar-refractivity contribution >= 4 is 5.97 Å². The molecule has 0 aliphatic rings. The van der Waals surface area contributed by atoms with Crippen LogP contribution >= 0.6 is 0 Å². The fraction of sp³-hybridized carbons (Fsp3) is 0.900. The van der Waals surface area contributed by atoms with Crippen LogP contribution in [0.15, 0.2) is 0 Å². The van der Waals surface area contributed by atoms with Gasteiger partial charge in [-0.1, -0.05) is 13.8 Å². The van der Waals surface area contributed by atoms with Crippen LogP contribution in [0.1, 0.15) is 26.7 Å². The summed E-state index contributed by atoms with van der Waals surface area (Å²) in [7, 11) is 1.48. The Morgan fingerprint density at radius 3 is 2.36 bits per heavy atom. The van der Waals surface area contributed by atoms with E-state index in [1.54, 1.807) is 0 Å². The standard InChI is InChI=1S/C10H20O4/c1-4-6-13-8-9(12-3)10(11)14-7-5-2/h9H,4-8H2,1-3H3. The summed E-state index contributed by atoms with van der Waals surface area (Å²) in [6.45, 7) is 5.31. The fourth-order valence-corrected chi connectivity index (χ4v) is 0.863. The summed E-state index contributed by atoms with van der Waals surface area (Å²) >= 11 is 0. The number of hydrogen-bond acceptors (Lipinski definition) is 4. The maximum atomic E-state index is 11.3. The molecule has 0 aliphatic heterocycles. The predicted molar refractivity (Wildman–Crippen MR) is 53.2 cm³/mol. The van der Waals surface area contributed by atoms with Crippen LogP contribution < -0.4 is 0 Å². The van der Waals surface area contributed by atoms with Crippen molar-refractivity contribution in [2.45, 2.75) is 32.8 Å². The minimum Gasteiger partial charge on any atom is -0.464 e. The normalized spacial score (nSPS) is 12.5. The van der Waals surface area contributed by atoms with Gasteiger partial charge < -0.3 is 14.2 Å². The first-order valence-electron chi connectivity index (χ1n) is 5.03. The van der Waals surface area contributed by atoms with Crippen LogP contribution in [0.3, 0.4) is 0 Å². The molecule has 0 amide bonds. The molecule has 0 N–H and O–H groups in total.